The quantitative estimate of drug-likeness (QED) is 0.298. The molecule has 1 aliphatic carbocycles. The van der Waals surface area contributed by atoms with Crippen LogP contribution in [0, 0.1) is 18.8 Å². The Morgan fingerprint density at radius 3 is 2.65 bits per heavy atom. The zero-order chi connectivity index (χ0) is 23.9. The Bertz CT molecular complexity index is 1430. The van der Waals surface area contributed by atoms with E-state index < -0.39 is 17.5 Å². The van der Waals surface area contributed by atoms with E-state index in [0.29, 0.717) is 24.2 Å². The van der Waals surface area contributed by atoms with E-state index in [-0.39, 0.29) is 6.10 Å². The molecule has 0 spiro atoms. The average Bonchev–Trinajstić information content (AvgIpc) is 3.12. The molecule has 5 rings (SSSR count). The second kappa shape index (κ2) is 8.87. The summed E-state index contributed by atoms with van der Waals surface area (Å²) in [5, 5.41) is 14.0. The van der Waals surface area contributed by atoms with Crippen molar-refractivity contribution in [1.29, 1.82) is 0 Å². The van der Waals surface area contributed by atoms with Gasteiger partial charge < -0.3 is 9.84 Å². The van der Waals surface area contributed by atoms with Crippen molar-refractivity contribution in [3.8, 4) is 11.8 Å². The highest BCUT2D eigenvalue weighted by molar-refractivity contribution is 7.28. The van der Waals surface area contributed by atoms with Gasteiger partial charge in [0, 0.05) is 19.7 Å². The number of thiophene rings is 2. The molecule has 0 radical (unpaired) electrons. The Kier molecular flexibility index (Phi) is 5.90. The van der Waals surface area contributed by atoms with Crippen LogP contribution < -0.4 is 5.32 Å². The van der Waals surface area contributed by atoms with E-state index in [9.17, 15) is 14.7 Å². The SMILES string of the molecule is Cc1ccccc1C(C)OC(=O)Nc1csnc1C#Cc1cc2sc(C3(C(=O)O)CC3)cc2s1. The molecule has 34 heavy (non-hydrogen) atoms. The number of carbonyl (C=O) groups excluding carboxylic acids is 1. The van der Waals surface area contributed by atoms with Gasteiger partial charge in [-0.05, 0) is 73.3 Å². The van der Waals surface area contributed by atoms with E-state index in [1.54, 1.807) is 5.38 Å². The molecule has 1 atom stereocenters. The van der Waals surface area contributed by atoms with Crippen LogP contribution in [0.2, 0.25) is 0 Å². The summed E-state index contributed by atoms with van der Waals surface area (Å²) in [6.45, 7) is 3.82. The van der Waals surface area contributed by atoms with Gasteiger partial charge in [0.1, 0.15) is 11.5 Å². The first-order valence-electron chi connectivity index (χ1n) is 10.6. The lowest BCUT2D eigenvalue weighted by Gasteiger charge is -2.15. The number of nitrogens with one attached hydrogen (secondary N) is 1. The fourth-order valence-electron chi connectivity index (χ4n) is 3.77. The Labute approximate surface area is 208 Å². The second-order valence-electron chi connectivity index (χ2n) is 8.19. The minimum absolute atomic E-state index is 0.387. The Balaban J connectivity index is 1.27. The van der Waals surface area contributed by atoms with Crippen LogP contribution in [0.15, 0.2) is 41.8 Å². The molecule has 2 N–H and O–H groups in total. The maximum absolute atomic E-state index is 12.4. The molecule has 3 aromatic heterocycles. The molecule has 3 heterocycles. The standard InChI is InChI=1S/C25H20N2O4S3/c1-14-5-3-4-6-17(14)15(2)31-24(30)26-19-13-32-27-18(19)8-7-16-11-20-21(33-16)12-22(34-20)25(9-10-25)23(28)29/h3-6,11-13,15H,9-10H2,1-2H3,(H,26,30)(H,28,29). The highest BCUT2D eigenvalue weighted by atomic mass is 32.1. The average molecular weight is 509 g/mol. The van der Waals surface area contributed by atoms with Crippen molar-refractivity contribution in [2.24, 2.45) is 0 Å². The van der Waals surface area contributed by atoms with Gasteiger partial charge in [0.05, 0.1) is 10.6 Å². The highest BCUT2D eigenvalue weighted by Crippen LogP contribution is 2.52. The summed E-state index contributed by atoms with van der Waals surface area (Å²) in [6, 6.07) is 11.8. The fraction of sp³-hybridized carbons (Fsp3) is 0.240. The number of carboxylic acids is 1. The molecule has 1 amide bonds. The molecule has 0 saturated heterocycles. The number of hydrogen-bond donors (Lipinski definition) is 2. The third-order valence-electron chi connectivity index (χ3n) is 5.86. The van der Waals surface area contributed by atoms with Gasteiger partial charge in [0.15, 0.2) is 5.69 Å². The summed E-state index contributed by atoms with van der Waals surface area (Å²) in [5.41, 5.74) is 2.33. The number of fused-ring (bicyclic) bond motifs is 1. The Morgan fingerprint density at radius 2 is 1.94 bits per heavy atom. The van der Waals surface area contributed by atoms with Crippen LogP contribution in [-0.2, 0) is 14.9 Å². The van der Waals surface area contributed by atoms with Crippen LogP contribution in [0.3, 0.4) is 0 Å². The Morgan fingerprint density at radius 1 is 1.18 bits per heavy atom. The number of aryl methyl sites for hydroxylation is 1. The summed E-state index contributed by atoms with van der Waals surface area (Å²) < 4.78 is 11.9. The third kappa shape index (κ3) is 4.32. The Hall–Kier alpha value is -3.19. The monoisotopic (exact) mass is 508 g/mol. The number of nitrogens with zero attached hydrogens (tertiary/aromatic N) is 1. The first-order valence-corrected chi connectivity index (χ1v) is 13.1. The molecule has 1 aromatic carbocycles. The number of aromatic nitrogens is 1. The number of hydrogen-bond acceptors (Lipinski definition) is 7. The van der Waals surface area contributed by atoms with Gasteiger partial charge in [0.25, 0.3) is 0 Å². The highest BCUT2D eigenvalue weighted by Gasteiger charge is 2.53. The summed E-state index contributed by atoms with van der Waals surface area (Å²) in [6.07, 6.45) is 0.459. The molecular weight excluding hydrogens is 488 g/mol. The minimum atomic E-state index is -0.739. The lowest BCUT2D eigenvalue weighted by molar-refractivity contribution is -0.139. The summed E-state index contributed by atoms with van der Waals surface area (Å²) in [7, 11) is 0. The van der Waals surface area contributed by atoms with Crippen molar-refractivity contribution in [3.63, 3.8) is 0 Å². The normalized spacial score (nSPS) is 14.8. The van der Waals surface area contributed by atoms with Crippen LogP contribution in [0.1, 0.15) is 52.4 Å². The van der Waals surface area contributed by atoms with Crippen LogP contribution >= 0.6 is 34.2 Å². The lowest BCUT2D eigenvalue weighted by atomic mass is 10.1. The van der Waals surface area contributed by atoms with Crippen molar-refractivity contribution in [2.45, 2.75) is 38.2 Å². The van der Waals surface area contributed by atoms with Crippen molar-refractivity contribution < 1.29 is 19.4 Å². The molecule has 1 aliphatic rings. The first kappa shape index (κ1) is 22.6. The van der Waals surface area contributed by atoms with E-state index in [0.717, 1.165) is 30.3 Å². The predicted octanol–water partition coefficient (Wildman–Crippen LogP) is 6.55. The number of amides is 1. The van der Waals surface area contributed by atoms with Crippen molar-refractivity contribution in [3.05, 3.63) is 68.4 Å². The number of anilines is 1. The fourth-order valence-corrected chi connectivity index (χ4v) is 6.83. The molecule has 0 aliphatic heterocycles. The van der Waals surface area contributed by atoms with Crippen LogP contribution in [0.25, 0.3) is 9.40 Å². The van der Waals surface area contributed by atoms with Gasteiger partial charge in [-0.25, -0.2) is 4.79 Å². The molecule has 0 bridgehead atoms. The molecular formula is C25H20N2O4S3. The van der Waals surface area contributed by atoms with Gasteiger partial charge in [0.2, 0.25) is 0 Å². The smallest absolute Gasteiger partial charge is 0.412 e. The van der Waals surface area contributed by atoms with Gasteiger partial charge >= 0.3 is 12.1 Å². The minimum Gasteiger partial charge on any atom is -0.481 e. The molecule has 1 fully saturated rings. The van der Waals surface area contributed by atoms with E-state index >= 15 is 0 Å². The molecule has 172 valence electrons. The van der Waals surface area contributed by atoms with Crippen molar-refractivity contribution >= 4 is 61.4 Å². The molecule has 9 heteroatoms. The van der Waals surface area contributed by atoms with E-state index in [1.165, 1.54) is 34.2 Å². The number of benzene rings is 1. The van der Waals surface area contributed by atoms with E-state index in [4.69, 9.17) is 4.74 Å². The number of carbonyl (C=O) groups is 2. The van der Waals surface area contributed by atoms with Crippen molar-refractivity contribution in [1.82, 2.24) is 4.37 Å². The first-order chi connectivity index (χ1) is 16.4. The maximum Gasteiger partial charge on any atom is 0.412 e. The molecule has 6 nitrogen and oxygen atoms in total. The zero-order valence-electron chi connectivity index (χ0n) is 18.4. The van der Waals surface area contributed by atoms with Crippen LogP contribution in [0.4, 0.5) is 10.5 Å². The largest absolute Gasteiger partial charge is 0.481 e. The topological polar surface area (TPSA) is 88.5 Å². The van der Waals surface area contributed by atoms with Crippen LogP contribution in [-0.4, -0.2) is 21.5 Å². The second-order valence-corrected chi connectivity index (χ2v) is 11.0. The van der Waals surface area contributed by atoms with Crippen LogP contribution in [0.5, 0.6) is 0 Å². The number of rotatable bonds is 5. The van der Waals surface area contributed by atoms with Gasteiger partial charge in [-0.3, -0.25) is 10.1 Å². The number of carboxylic acid groups (broad SMARTS) is 1. The molecule has 1 saturated carbocycles. The third-order valence-corrected chi connectivity index (χ3v) is 8.90. The van der Waals surface area contributed by atoms with Gasteiger partial charge in [-0.2, -0.15) is 4.37 Å². The lowest BCUT2D eigenvalue weighted by Crippen LogP contribution is -2.17. The molecule has 4 aromatic rings. The number of aliphatic carboxylic acids is 1. The zero-order valence-corrected chi connectivity index (χ0v) is 20.8. The van der Waals surface area contributed by atoms with Gasteiger partial charge in [-0.1, -0.05) is 24.3 Å². The summed E-state index contributed by atoms with van der Waals surface area (Å²) >= 11 is 4.27. The van der Waals surface area contributed by atoms with Crippen molar-refractivity contribution in [2.75, 3.05) is 5.32 Å². The summed E-state index contributed by atoms with van der Waals surface area (Å²) in [5.74, 6) is 5.41. The van der Waals surface area contributed by atoms with Gasteiger partial charge in [-0.15, -0.1) is 22.7 Å². The summed E-state index contributed by atoms with van der Waals surface area (Å²) in [4.78, 5) is 25.8. The molecule has 1 unspecified atom stereocenters. The maximum atomic E-state index is 12.4. The van der Waals surface area contributed by atoms with E-state index in [2.05, 4.69) is 21.5 Å². The van der Waals surface area contributed by atoms with E-state index in [1.807, 2.05) is 50.2 Å². The number of ether oxygens (including phenoxy) is 1. The predicted molar refractivity (Wildman–Crippen MR) is 136 cm³/mol.